The van der Waals surface area contributed by atoms with Gasteiger partial charge in [0.2, 0.25) is 0 Å². The van der Waals surface area contributed by atoms with Gasteiger partial charge >= 0.3 is 5.97 Å². The molecule has 0 fully saturated rings. The quantitative estimate of drug-likeness (QED) is 0.542. The molecular formula is C21H14N2O2S. The Kier molecular flexibility index (Phi) is 4.29. The van der Waals surface area contributed by atoms with Crippen molar-refractivity contribution in [1.29, 1.82) is 0 Å². The summed E-state index contributed by atoms with van der Waals surface area (Å²) >= 11 is 1.69. The monoisotopic (exact) mass is 358 g/mol. The second-order valence-corrected chi connectivity index (χ2v) is 6.67. The lowest BCUT2D eigenvalue weighted by Gasteiger charge is -2.06. The van der Waals surface area contributed by atoms with Gasteiger partial charge < -0.3 is 5.11 Å². The zero-order chi connectivity index (χ0) is 17.9. The van der Waals surface area contributed by atoms with E-state index in [1.807, 2.05) is 30.3 Å². The molecule has 4 aromatic rings. The van der Waals surface area contributed by atoms with E-state index >= 15 is 0 Å². The molecule has 1 aromatic carbocycles. The second kappa shape index (κ2) is 6.90. The van der Waals surface area contributed by atoms with Crippen LogP contribution >= 0.6 is 11.3 Å². The Labute approximate surface area is 154 Å². The number of carboxylic acid groups (broad SMARTS) is 1. The third-order valence-corrected chi connectivity index (χ3v) is 4.97. The van der Waals surface area contributed by atoms with Crippen molar-refractivity contribution in [3.8, 4) is 33.0 Å². The van der Waals surface area contributed by atoms with E-state index in [0.29, 0.717) is 0 Å². The van der Waals surface area contributed by atoms with Crippen LogP contribution in [0.1, 0.15) is 10.4 Å². The fraction of sp³-hybridized carbons (Fsp3) is 0. The van der Waals surface area contributed by atoms with E-state index in [2.05, 4.69) is 21.4 Å². The number of aromatic nitrogens is 2. The molecule has 0 radical (unpaired) electrons. The summed E-state index contributed by atoms with van der Waals surface area (Å²) in [6, 6.07) is 18.8. The molecule has 4 nitrogen and oxygen atoms in total. The van der Waals surface area contributed by atoms with Gasteiger partial charge in [0.15, 0.2) is 0 Å². The van der Waals surface area contributed by atoms with Crippen LogP contribution in [0.5, 0.6) is 0 Å². The SMILES string of the molecule is O=C(O)c1ccc(-c2ccnc(-c3cc(-c4cccs4)ccn3)c2)cc1. The number of thiophene rings is 1. The number of rotatable bonds is 4. The van der Waals surface area contributed by atoms with Crippen LogP contribution in [0.3, 0.4) is 0 Å². The highest BCUT2D eigenvalue weighted by atomic mass is 32.1. The van der Waals surface area contributed by atoms with Gasteiger partial charge in [-0.2, -0.15) is 0 Å². The first-order valence-electron chi connectivity index (χ1n) is 8.01. The number of aromatic carboxylic acids is 1. The Morgan fingerprint density at radius 1 is 0.808 bits per heavy atom. The molecule has 0 amide bonds. The smallest absolute Gasteiger partial charge is 0.335 e. The van der Waals surface area contributed by atoms with Crippen molar-refractivity contribution in [3.63, 3.8) is 0 Å². The number of carbonyl (C=O) groups is 1. The zero-order valence-electron chi connectivity index (χ0n) is 13.7. The number of benzene rings is 1. The van der Waals surface area contributed by atoms with Crippen molar-refractivity contribution in [2.24, 2.45) is 0 Å². The summed E-state index contributed by atoms with van der Waals surface area (Å²) in [5, 5.41) is 11.1. The van der Waals surface area contributed by atoms with Gasteiger partial charge in [-0.1, -0.05) is 18.2 Å². The van der Waals surface area contributed by atoms with E-state index in [1.165, 1.54) is 4.88 Å². The molecule has 3 heterocycles. The maximum absolute atomic E-state index is 11.0. The average molecular weight is 358 g/mol. The van der Waals surface area contributed by atoms with Crippen LogP contribution in [0.4, 0.5) is 0 Å². The first kappa shape index (κ1) is 16.2. The lowest BCUT2D eigenvalue weighted by atomic mass is 10.0. The molecular weight excluding hydrogens is 344 g/mol. The van der Waals surface area contributed by atoms with Crippen molar-refractivity contribution >= 4 is 17.3 Å². The molecule has 0 spiro atoms. The maximum atomic E-state index is 11.0. The highest BCUT2D eigenvalue weighted by Gasteiger charge is 2.08. The summed E-state index contributed by atoms with van der Waals surface area (Å²) in [6.07, 6.45) is 3.54. The third kappa shape index (κ3) is 3.25. The largest absolute Gasteiger partial charge is 0.478 e. The predicted molar refractivity (Wildman–Crippen MR) is 103 cm³/mol. The fourth-order valence-corrected chi connectivity index (χ4v) is 3.45. The first-order chi connectivity index (χ1) is 12.7. The number of carboxylic acids is 1. The van der Waals surface area contributed by atoms with Gasteiger partial charge in [0, 0.05) is 17.3 Å². The molecule has 0 saturated carbocycles. The summed E-state index contributed by atoms with van der Waals surface area (Å²) < 4.78 is 0. The van der Waals surface area contributed by atoms with E-state index in [1.54, 1.807) is 48.0 Å². The van der Waals surface area contributed by atoms with Gasteiger partial charge in [0.25, 0.3) is 0 Å². The minimum atomic E-state index is -0.929. The van der Waals surface area contributed by atoms with Crippen molar-refractivity contribution in [3.05, 3.63) is 84.0 Å². The van der Waals surface area contributed by atoms with Gasteiger partial charge in [-0.15, -0.1) is 11.3 Å². The molecule has 126 valence electrons. The molecule has 26 heavy (non-hydrogen) atoms. The molecule has 4 rings (SSSR count). The van der Waals surface area contributed by atoms with Crippen LogP contribution < -0.4 is 0 Å². The van der Waals surface area contributed by atoms with Crippen molar-refractivity contribution < 1.29 is 9.90 Å². The van der Waals surface area contributed by atoms with E-state index in [4.69, 9.17) is 5.11 Å². The van der Waals surface area contributed by atoms with E-state index in [-0.39, 0.29) is 5.56 Å². The number of hydrogen-bond acceptors (Lipinski definition) is 4. The summed E-state index contributed by atoms with van der Waals surface area (Å²) in [5.74, 6) is -0.929. The van der Waals surface area contributed by atoms with Gasteiger partial charge in [-0.05, 0) is 64.5 Å². The molecule has 0 saturated heterocycles. The molecule has 0 aliphatic heterocycles. The van der Waals surface area contributed by atoms with Crippen LogP contribution in [0, 0.1) is 0 Å². The standard InChI is InChI=1S/C21H14N2O2S/c24-21(25)15-5-3-14(4-6-15)16-7-9-22-18(12-16)19-13-17(8-10-23-19)20-2-1-11-26-20/h1-13H,(H,24,25). The Morgan fingerprint density at radius 3 is 2.08 bits per heavy atom. The second-order valence-electron chi connectivity index (χ2n) is 5.72. The molecule has 0 atom stereocenters. The maximum Gasteiger partial charge on any atom is 0.335 e. The normalized spacial score (nSPS) is 10.6. The van der Waals surface area contributed by atoms with E-state index in [0.717, 1.165) is 28.1 Å². The molecule has 0 aliphatic carbocycles. The zero-order valence-corrected chi connectivity index (χ0v) is 14.5. The highest BCUT2D eigenvalue weighted by Crippen LogP contribution is 2.29. The van der Waals surface area contributed by atoms with E-state index < -0.39 is 5.97 Å². The molecule has 0 unspecified atom stereocenters. The summed E-state index contributed by atoms with van der Waals surface area (Å²) in [4.78, 5) is 21.1. The topological polar surface area (TPSA) is 63.1 Å². The minimum absolute atomic E-state index is 0.272. The van der Waals surface area contributed by atoms with Gasteiger partial charge in [0.05, 0.1) is 17.0 Å². The first-order valence-corrected chi connectivity index (χ1v) is 8.89. The van der Waals surface area contributed by atoms with E-state index in [9.17, 15) is 4.79 Å². The summed E-state index contributed by atoms with van der Waals surface area (Å²) in [6.45, 7) is 0. The molecule has 0 aliphatic rings. The predicted octanol–water partition coefficient (Wildman–Crippen LogP) is 5.24. The molecule has 0 bridgehead atoms. The van der Waals surface area contributed by atoms with Crippen molar-refractivity contribution in [2.45, 2.75) is 0 Å². The van der Waals surface area contributed by atoms with Crippen LogP contribution in [-0.2, 0) is 0 Å². The lowest BCUT2D eigenvalue weighted by molar-refractivity contribution is 0.0697. The Bertz CT molecular complexity index is 1060. The third-order valence-electron chi connectivity index (χ3n) is 4.05. The highest BCUT2D eigenvalue weighted by molar-refractivity contribution is 7.13. The van der Waals surface area contributed by atoms with Gasteiger partial charge in [0.1, 0.15) is 0 Å². The average Bonchev–Trinajstić information content (AvgIpc) is 3.23. The van der Waals surface area contributed by atoms with Crippen LogP contribution in [-0.4, -0.2) is 21.0 Å². The Hall–Kier alpha value is -3.31. The van der Waals surface area contributed by atoms with Crippen LogP contribution in [0.25, 0.3) is 33.0 Å². The number of hydrogen-bond donors (Lipinski definition) is 1. The number of pyridine rings is 2. The molecule has 1 N–H and O–H groups in total. The van der Waals surface area contributed by atoms with Crippen molar-refractivity contribution in [1.82, 2.24) is 9.97 Å². The Balaban J connectivity index is 1.70. The lowest BCUT2D eigenvalue weighted by Crippen LogP contribution is -1.95. The van der Waals surface area contributed by atoms with Crippen LogP contribution in [0.15, 0.2) is 78.4 Å². The minimum Gasteiger partial charge on any atom is -0.478 e. The van der Waals surface area contributed by atoms with Crippen molar-refractivity contribution in [2.75, 3.05) is 0 Å². The summed E-state index contributed by atoms with van der Waals surface area (Å²) in [5.41, 5.74) is 4.88. The van der Waals surface area contributed by atoms with Gasteiger partial charge in [-0.25, -0.2) is 4.79 Å². The summed E-state index contributed by atoms with van der Waals surface area (Å²) in [7, 11) is 0. The number of nitrogens with zero attached hydrogens (tertiary/aromatic N) is 2. The van der Waals surface area contributed by atoms with Gasteiger partial charge in [-0.3, -0.25) is 9.97 Å². The Morgan fingerprint density at radius 2 is 1.46 bits per heavy atom. The fourth-order valence-electron chi connectivity index (χ4n) is 2.72. The molecule has 3 aromatic heterocycles. The van der Waals surface area contributed by atoms with Crippen LogP contribution in [0.2, 0.25) is 0 Å². The molecule has 5 heteroatoms.